The van der Waals surface area contributed by atoms with E-state index in [-0.39, 0.29) is 30.1 Å². The van der Waals surface area contributed by atoms with E-state index in [9.17, 15) is 0 Å². The average molecular weight is 568 g/mol. The summed E-state index contributed by atoms with van der Waals surface area (Å²) in [7, 11) is 1.83. The molecule has 3 heterocycles. The molecule has 1 saturated heterocycles. The van der Waals surface area contributed by atoms with Gasteiger partial charge in [0.25, 0.3) is 0 Å². The van der Waals surface area contributed by atoms with Gasteiger partial charge in [-0.25, -0.2) is 4.98 Å². The Labute approximate surface area is 202 Å². The Hall–Kier alpha value is -0.400. The second-order valence-electron chi connectivity index (χ2n) is 6.59. The van der Waals surface area contributed by atoms with Gasteiger partial charge in [0.1, 0.15) is 4.34 Å². The summed E-state index contributed by atoms with van der Waals surface area (Å²) in [4.78, 5) is 12.6. The van der Waals surface area contributed by atoms with Gasteiger partial charge < -0.3 is 15.4 Å². The molecule has 0 bridgehead atoms. The Kier molecular flexibility index (Phi) is 11.8. The van der Waals surface area contributed by atoms with Crippen molar-refractivity contribution in [1.29, 1.82) is 0 Å². The molecule has 0 aliphatic carbocycles. The lowest BCUT2D eigenvalue weighted by molar-refractivity contribution is -0.0334. The van der Waals surface area contributed by atoms with Crippen LogP contribution in [0.2, 0.25) is 0 Å². The van der Waals surface area contributed by atoms with E-state index in [1.54, 1.807) is 11.3 Å². The Bertz CT molecular complexity index is 699. The molecule has 1 fully saturated rings. The number of aromatic nitrogens is 1. The lowest BCUT2D eigenvalue weighted by Crippen LogP contribution is -2.48. The van der Waals surface area contributed by atoms with E-state index < -0.39 is 0 Å². The van der Waals surface area contributed by atoms with Crippen LogP contribution in [-0.2, 0) is 4.74 Å². The molecule has 0 spiro atoms. The number of aliphatic imine (C=N–C) groups is 1. The molecule has 1 aliphatic heterocycles. The summed E-state index contributed by atoms with van der Waals surface area (Å²) >= 11 is 5.33. The van der Waals surface area contributed by atoms with Crippen molar-refractivity contribution >= 4 is 64.4 Å². The number of nitrogens with zero attached hydrogens (tertiary/aromatic N) is 3. The highest BCUT2D eigenvalue weighted by molar-refractivity contribution is 14.0. The number of thiophene rings is 1. The fourth-order valence-corrected chi connectivity index (χ4v) is 5.66. The van der Waals surface area contributed by atoms with Crippen LogP contribution in [0.4, 0.5) is 0 Å². The van der Waals surface area contributed by atoms with E-state index in [0.29, 0.717) is 6.04 Å². The molecule has 3 rings (SSSR count). The predicted octanol–water partition coefficient (Wildman–Crippen LogP) is 3.93. The quantitative estimate of drug-likeness (QED) is 0.158. The third kappa shape index (κ3) is 8.33. The SMILES string of the molecule is CN=C(NCCCSc1nccs1)NCC(c1cccs1)N1CCOC(C)C1.I. The molecule has 0 aromatic carbocycles. The van der Waals surface area contributed by atoms with Gasteiger partial charge in [0, 0.05) is 55.4 Å². The molecule has 0 amide bonds. The van der Waals surface area contributed by atoms with E-state index in [1.165, 1.54) is 4.88 Å². The number of hydrogen-bond donors (Lipinski definition) is 2. The zero-order valence-electron chi connectivity index (χ0n) is 16.9. The lowest BCUT2D eigenvalue weighted by atomic mass is 10.1. The highest BCUT2D eigenvalue weighted by Crippen LogP contribution is 2.26. The molecule has 6 nitrogen and oxygen atoms in total. The number of morpholine rings is 1. The smallest absolute Gasteiger partial charge is 0.191 e. The van der Waals surface area contributed by atoms with E-state index in [0.717, 1.165) is 55.3 Å². The van der Waals surface area contributed by atoms with Crippen molar-refractivity contribution < 1.29 is 4.74 Å². The van der Waals surface area contributed by atoms with Gasteiger partial charge in [-0.15, -0.1) is 46.7 Å². The minimum absolute atomic E-state index is 0. The van der Waals surface area contributed by atoms with Gasteiger partial charge in [-0.1, -0.05) is 17.8 Å². The Morgan fingerprint density at radius 3 is 3.00 bits per heavy atom. The van der Waals surface area contributed by atoms with Crippen molar-refractivity contribution in [3.63, 3.8) is 0 Å². The third-order valence-electron chi connectivity index (χ3n) is 4.52. The van der Waals surface area contributed by atoms with Gasteiger partial charge in [-0.05, 0) is 24.8 Å². The zero-order valence-corrected chi connectivity index (χ0v) is 21.7. The summed E-state index contributed by atoms with van der Waals surface area (Å²) in [5.74, 6) is 1.92. The highest BCUT2D eigenvalue weighted by Gasteiger charge is 2.26. The van der Waals surface area contributed by atoms with Gasteiger partial charge in [-0.3, -0.25) is 9.89 Å². The molecule has 2 atom stereocenters. The summed E-state index contributed by atoms with van der Waals surface area (Å²) in [5, 5.41) is 11.1. The van der Waals surface area contributed by atoms with Crippen LogP contribution in [-0.4, -0.2) is 67.5 Å². The minimum Gasteiger partial charge on any atom is -0.376 e. The second-order valence-corrected chi connectivity index (χ2v) is 9.80. The van der Waals surface area contributed by atoms with E-state index in [4.69, 9.17) is 4.74 Å². The predicted molar refractivity (Wildman–Crippen MR) is 136 cm³/mol. The maximum Gasteiger partial charge on any atom is 0.191 e. The van der Waals surface area contributed by atoms with Crippen molar-refractivity contribution in [1.82, 2.24) is 20.5 Å². The van der Waals surface area contributed by atoms with Crippen LogP contribution in [0.1, 0.15) is 24.3 Å². The molecule has 162 valence electrons. The topological polar surface area (TPSA) is 61.8 Å². The number of hydrogen-bond acceptors (Lipinski definition) is 7. The fraction of sp³-hybridized carbons (Fsp3) is 0.579. The molecule has 10 heteroatoms. The maximum absolute atomic E-state index is 5.72. The van der Waals surface area contributed by atoms with Gasteiger partial charge in [-0.2, -0.15) is 0 Å². The summed E-state index contributed by atoms with van der Waals surface area (Å²) < 4.78 is 6.86. The Morgan fingerprint density at radius 2 is 2.31 bits per heavy atom. The first-order valence-electron chi connectivity index (χ1n) is 9.62. The van der Waals surface area contributed by atoms with E-state index in [1.807, 2.05) is 41.7 Å². The van der Waals surface area contributed by atoms with Crippen molar-refractivity contribution in [3.05, 3.63) is 34.0 Å². The molecule has 2 N–H and O–H groups in total. The van der Waals surface area contributed by atoms with Crippen LogP contribution < -0.4 is 10.6 Å². The Morgan fingerprint density at radius 1 is 1.41 bits per heavy atom. The number of thioether (sulfide) groups is 1. The zero-order chi connectivity index (χ0) is 19.6. The lowest BCUT2D eigenvalue weighted by Gasteiger charge is -2.37. The molecule has 1 aliphatic rings. The third-order valence-corrected chi connectivity index (χ3v) is 7.55. The van der Waals surface area contributed by atoms with Gasteiger partial charge in [0.2, 0.25) is 0 Å². The molecule has 2 aromatic heterocycles. The van der Waals surface area contributed by atoms with Crippen molar-refractivity contribution in [3.8, 4) is 0 Å². The molecule has 2 unspecified atom stereocenters. The van der Waals surface area contributed by atoms with Gasteiger partial charge in [0.05, 0.1) is 18.8 Å². The first kappa shape index (κ1) is 24.9. The number of guanidine groups is 1. The molecular formula is C19H30IN5OS3. The number of rotatable bonds is 9. The average Bonchev–Trinajstić information content (AvgIpc) is 3.41. The van der Waals surface area contributed by atoms with Gasteiger partial charge >= 0.3 is 0 Å². The number of thiazole rings is 1. The van der Waals surface area contributed by atoms with Crippen LogP contribution in [0.15, 0.2) is 38.4 Å². The largest absolute Gasteiger partial charge is 0.376 e. The van der Waals surface area contributed by atoms with Gasteiger partial charge in [0.15, 0.2) is 5.96 Å². The monoisotopic (exact) mass is 567 g/mol. The van der Waals surface area contributed by atoms with Crippen LogP contribution in [0.25, 0.3) is 0 Å². The van der Waals surface area contributed by atoms with Crippen LogP contribution >= 0.6 is 58.4 Å². The van der Waals surface area contributed by atoms with E-state index in [2.05, 4.69) is 49.9 Å². The highest BCUT2D eigenvalue weighted by atomic mass is 127. The van der Waals surface area contributed by atoms with Crippen molar-refractivity contribution in [2.45, 2.75) is 29.8 Å². The number of ether oxygens (including phenoxy) is 1. The van der Waals surface area contributed by atoms with Crippen LogP contribution in [0.3, 0.4) is 0 Å². The first-order chi connectivity index (χ1) is 13.8. The molecular weight excluding hydrogens is 537 g/mol. The molecule has 29 heavy (non-hydrogen) atoms. The maximum atomic E-state index is 5.72. The van der Waals surface area contributed by atoms with Crippen molar-refractivity contribution in [2.24, 2.45) is 4.99 Å². The first-order valence-corrected chi connectivity index (χ1v) is 12.4. The number of nitrogens with one attached hydrogen (secondary N) is 2. The minimum atomic E-state index is 0. The van der Waals surface area contributed by atoms with Crippen molar-refractivity contribution in [2.75, 3.05) is 45.6 Å². The number of halogens is 1. The summed E-state index contributed by atoms with van der Waals surface area (Å²) in [6.07, 6.45) is 3.21. The summed E-state index contributed by atoms with van der Waals surface area (Å²) in [6, 6.07) is 4.69. The fourth-order valence-electron chi connectivity index (χ4n) is 3.15. The molecule has 0 radical (unpaired) electrons. The molecule has 2 aromatic rings. The normalized spacial score (nSPS) is 18.8. The Balaban J connectivity index is 0.00000300. The standard InChI is InChI=1S/C19H29N5OS3.HI/c1-15-14-24(8-9-25-15)16(17-5-3-10-26-17)13-23-18(20-2)21-6-4-11-27-19-22-7-12-28-19;/h3,5,7,10,12,15-16H,4,6,8-9,11,13-14H2,1-2H3,(H2,20,21,23);1H. The van der Waals surface area contributed by atoms with Crippen LogP contribution in [0.5, 0.6) is 0 Å². The molecule has 0 saturated carbocycles. The summed E-state index contributed by atoms with van der Waals surface area (Å²) in [6.45, 7) is 6.61. The summed E-state index contributed by atoms with van der Waals surface area (Å²) in [5.41, 5.74) is 0. The van der Waals surface area contributed by atoms with E-state index >= 15 is 0 Å². The van der Waals surface area contributed by atoms with Crippen LogP contribution in [0, 0.1) is 0 Å². The second kappa shape index (κ2) is 13.8.